The van der Waals surface area contributed by atoms with E-state index in [4.69, 9.17) is 5.73 Å². The van der Waals surface area contributed by atoms with Crippen LogP contribution in [0.2, 0.25) is 0 Å². The number of pyridine rings is 1. The third-order valence-corrected chi connectivity index (χ3v) is 1.40. The van der Waals surface area contributed by atoms with Gasteiger partial charge in [-0.2, -0.15) is 0 Å². The molecular formula is C9H11N3O. The molecular weight excluding hydrogens is 166 g/mol. The predicted octanol–water partition coefficient (Wildman–Crippen LogP) is 1.18. The van der Waals surface area contributed by atoms with E-state index in [2.05, 4.69) is 16.9 Å². The molecule has 0 radical (unpaired) electrons. The zero-order valence-electron chi connectivity index (χ0n) is 7.37. The van der Waals surface area contributed by atoms with Crippen molar-refractivity contribution in [2.24, 2.45) is 0 Å². The summed E-state index contributed by atoms with van der Waals surface area (Å²) in [6.45, 7) is 5.13. The number of carbonyl (C=O) groups excluding carboxylic acids is 1. The lowest BCUT2D eigenvalue weighted by molar-refractivity contribution is -0.112. The summed E-state index contributed by atoms with van der Waals surface area (Å²) in [6, 6.07) is 5.03. The number of nitrogens with zero attached hydrogens (tertiary/aromatic N) is 1. The van der Waals surface area contributed by atoms with Gasteiger partial charge in [0.2, 0.25) is 0 Å². The molecule has 0 aliphatic heterocycles. The van der Waals surface area contributed by atoms with Gasteiger partial charge in [-0.15, -0.1) is 0 Å². The van der Waals surface area contributed by atoms with Gasteiger partial charge in [0.1, 0.15) is 11.6 Å². The van der Waals surface area contributed by atoms with Crippen molar-refractivity contribution in [1.82, 2.24) is 4.98 Å². The second kappa shape index (κ2) is 3.71. The number of anilines is 2. The molecule has 1 rings (SSSR count). The summed E-state index contributed by atoms with van der Waals surface area (Å²) in [5.41, 5.74) is 5.86. The highest BCUT2D eigenvalue weighted by atomic mass is 16.1. The van der Waals surface area contributed by atoms with Crippen molar-refractivity contribution in [3.8, 4) is 0 Å². The standard InChI is InChI=1S/C9H11N3O/c1-6(2)9(13)12-8-5-3-4-7(10)11-8/h3-5H,1H2,2H3,(H3,10,11,12,13). The lowest BCUT2D eigenvalue weighted by Crippen LogP contribution is -2.13. The Kier molecular flexibility index (Phi) is 2.64. The van der Waals surface area contributed by atoms with E-state index in [0.29, 0.717) is 17.2 Å². The molecule has 0 fully saturated rings. The van der Waals surface area contributed by atoms with Crippen molar-refractivity contribution in [3.05, 3.63) is 30.4 Å². The summed E-state index contributed by atoms with van der Waals surface area (Å²) in [6.07, 6.45) is 0. The van der Waals surface area contributed by atoms with Crippen molar-refractivity contribution in [1.29, 1.82) is 0 Å². The quantitative estimate of drug-likeness (QED) is 0.666. The summed E-state index contributed by atoms with van der Waals surface area (Å²) in [5.74, 6) is 0.561. The number of nitrogens with two attached hydrogens (primary N) is 1. The first-order chi connectivity index (χ1) is 6.09. The highest BCUT2D eigenvalue weighted by molar-refractivity contribution is 6.02. The minimum Gasteiger partial charge on any atom is -0.384 e. The molecule has 1 heterocycles. The molecule has 68 valence electrons. The number of hydrogen-bond donors (Lipinski definition) is 2. The Hall–Kier alpha value is -1.84. The first kappa shape index (κ1) is 9.25. The molecule has 0 atom stereocenters. The molecule has 1 aromatic rings. The second-order valence-electron chi connectivity index (χ2n) is 2.68. The SMILES string of the molecule is C=C(C)C(=O)Nc1cccc(N)n1. The van der Waals surface area contributed by atoms with Crippen LogP contribution in [0.4, 0.5) is 11.6 Å². The van der Waals surface area contributed by atoms with E-state index in [9.17, 15) is 4.79 Å². The van der Waals surface area contributed by atoms with Crippen molar-refractivity contribution in [2.75, 3.05) is 11.1 Å². The van der Waals surface area contributed by atoms with E-state index in [1.54, 1.807) is 25.1 Å². The predicted molar refractivity (Wildman–Crippen MR) is 52.1 cm³/mol. The molecule has 3 N–H and O–H groups in total. The van der Waals surface area contributed by atoms with Crippen molar-refractivity contribution < 1.29 is 4.79 Å². The molecule has 0 aliphatic rings. The molecule has 1 amide bonds. The topological polar surface area (TPSA) is 68.0 Å². The van der Waals surface area contributed by atoms with Crippen LogP contribution in [0.5, 0.6) is 0 Å². The lowest BCUT2D eigenvalue weighted by atomic mass is 10.3. The minimum absolute atomic E-state index is 0.252. The van der Waals surface area contributed by atoms with E-state index in [1.165, 1.54) is 0 Å². The fraction of sp³-hybridized carbons (Fsp3) is 0.111. The number of hydrogen-bond acceptors (Lipinski definition) is 3. The van der Waals surface area contributed by atoms with Crippen molar-refractivity contribution in [2.45, 2.75) is 6.92 Å². The average molecular weight is 177 g/mol. The average Bonchev–Trinajstić information content (AvgIpc) is 2.04. The molecule has 13 heavy (non-hydrogen) atoms. The van der Waals surface area contributed by atoms with Gasteiger partial charge in [-0.3, -0.25) is 4.79 Å². The normalized spacial score (nSPS) is 9.31. The monoisotopic (exact) mass is 177 g/mol. The van der Waals surface area contributed by atoms with E-state index < -0.39 is 0 Å². The van der Waals surface area contributed by atoms with Crippen LogP contribution in [0.15, 0.2) is 30.4 Å². The molecule has 0 aromatic carbocycles. The number of amides is 1. The maximum Gasteiger partial charge on any atom is 0.251 e. The molecule has 4 heteroatoms. The summed E-state index contributed by atoms with van der Waals surface area (Å²) >= 11 is 0. The van der Waals surface area contributed by atoms with Crippen LogP contribution in [0.1, 0.15) is 6.92 Å². The molecule has 0 saturated heterocycles. The molecule has 1 aromatic heterocycles. The smallest absolute Gasteiger partial charge is 0.251 e. The van der Waals surface area contributed by atoms with Gasteiger partial charge in [0, 0.05) is 5.57 Å². The Morgan fingerprint density at radius 2 is 2.31 bits per heavy atom. The van der Waals surface area contributed by atoms with Crippen LogP contribution < -0.4 is 11.1 Å². The van der Waals surface area contributed by atoms with Crippen LogP contribution >= 0.6 is 0 Å². The Balaban J connectivity index is 2.75. The fourth-order valence-electron chi connectivity index (χ4n) is 0.744. The summed E-state index contributed by atoms with van der Waals surface area (Å²) < 4.78 is 0. The summed E-state index contributed by atoms with van der Waals surface area (Å²) in [7, 11) is 0. The van der Waals surface area contributed by atoms with E-state index >= 15 is 0 Å². The van der Waals surface area contributed by atoms with Crippen LogP contribution in [0.3, 0.4) is 0 Å². The zero-order valence-corrected chi connectivity index (χ0v) is 7.37. The van der Waals surface area contributed by atoms with Gasteiger partial charge in [0.05, 0.1) is 0 Å². The number of nitrogen functional groups attached to an aromatic ring is 1. The van der Waals surface area contributed by atoms with Gasteiger partial charge >= 0.3 is 0 Å². The van der Waals surface area contributed by atoms with E-state index in [-0.39, 0.29) is 5.91 Å². The van der Waals surface area contributed by atoms with E-state index in [0.717, 1.165) is 0 Å². The van der Waals surface area contributed by atoms with Crippen LogP contribution in [-0.2, 0) is 4.79 Å². The highest BCUT2D eigenvalue weighted by Gasteiger charge is 2.02. The largest absolute Gasteiger partial charge is 0.384 e. The maximum atomic E-state index is 11.1. The number of nitrogens with one attached hydrogen (secondary N) is 1. The Morgan fingerprint density at radius 1 is 1.62 bits per heavy atom. The lowest BCUT2D eigenvalue weighted by Gasteiger charge is -2.03. The molecule has 0 aliphatic carbocycles. The summed E-state index contributed by atoms with van der Waals surface area (Å²) in [5, 5.41) is 2.55. The molecule has 4 nitrogen and oxygen atoms in total. The molecule has 0 unspecified atom stereocenters. The maximum absolute atomic E-state index is 11.1. The zero-order chi connectivity index (χ0) is 9.84. The number of rotatable bonds is 2. The van der Waals surface area contributed by atoms with Gasteiger partial charge in [0.15, 0.2) is 0 Å². The highest BCUT2D eigenvalue weighted by Crippen LogP contribution is 2.06. The molecule has 0 bridgehead atoms. The first-order valence-corrected chi connectivity index (χ1v) is 3.79. The Bertz CT molecular complexity index is 346. The Morgan fingerprint density at radius 3 is 2.85 bits per heavy atom. The van der Waals surface area contributed by atoms with E-state index in [1.807, 2.05) is 0 Å². The third kappa shape index (κ3) is 2.59. The molecule has 0 spiro atoms. The number of carbonyl (C=O) groups is 1. The van der Waals surface area contributed by atoms with Gasteiger partial charge in [-0.05, 0) is 19.1 Å². The number of aromatic nitrogens is 1. The summed E-state index contributed by atoms with van der Waals surface area (Å²) in [4.78, 5) is 15.0. The van der Waals surface area contributed by atoms with Gasteiger partial charge < -0.3 is 11.1 Å². The van der Waals surface area contributed by atoms with Gasteiger partial charge in [-0.1, -0.05) is 12.6 Å². The second-order valence-corrected chi connectivity index (χ2v) is 2.68. The minimum atomic E-state index is -0.252. The van der Waals surface area contributed by atoms with Crippen LogP contribution in [-0.4, -0.2) is 10.9 Å². The molecule has 0 saturated carbocycles. The van der Waals surface area contributed by atoms with Crippen molar-refractivity contribution in [3.63, 3.8) is 0 Å². The van der Waals surface area contributed by atoms with Gasteiger partial charge in [-0.25, -0.2) is 4.98 Å². The van der Waals surface area contributed by atoms with Crippen LogP contribution in [0.25, 0.3) is 0 Å². The van der Waals surface area contributed by atoms with Crippen molar-refractivity contribution >= 4 is 17.5 Å². The third-order valence-electron chi connectivity index (χ3n) is 1.40. The Labute approximate surface area is 76.5 Å². The fourth-order valence-corrected chi connectivity index (χ4v) is 0.744. The van der Waals surface area contributed by atoms with Crippen LogP contribution in [0, 0.1) is 0 Å². The first-order valence-electron chi connectivity index (χ1n) is 3.79. The van der Waals surface area contributed by atoms with Gasteiger partial charge in [0.25, 0.3) is 5.91 Å².